The summed E-state index contributed by atoms with van der Waals surface area (Å²) in [4.78, 5) is 26.5. The predicted octanol–water partition coefficient (Wildman–Crippen LogP) is 2.79. The fraction of sp³-hybridized carbons (Fsp3) is 0.538. The Kier molecular flexibility index (Phi) is 4.49. The molecular weight excluding hydrogens is 218 g/mol. The molecule has 0 aliphatic rings. The Hall–Kier alpha value is -1.58. The van der Waals surface area contributed by atoms with Crippen LogP contribution in [0.1, 0.15) is 58.8 Å². The van der Waals surface area contributed by atoms with Gasteiger partial charge in [-0.1, -0.05) is 6.92 Å². The van der Waals surface area contributed by atoms with E-state index in [1.807, 2.05) is 6.92 Å². The minimum absolute atomic E-state index is 0.0781. The molecule has 0 amide bonds. The zero-order chi connectivity index (χ0) is 13.0. The van der Waals surface area contributed by atoms with Crippen molar-refractivity contribution in [1.82, 2.24) is 4.98 Å². The van der Waals surface area contributed by atoms with E-state index in [-0.39, 0.29) is 5.78 Å². The van der Waals surface area contributed by atoms with Crippen LogP contribution >= 0.6 is 0 Å². The molecular formula is C13H19NO3. The van der Waals surface area contributed by atoms with Crippen LogP contribution in [-0.2, 0) is 4.74 Å². The summed E-state index contributed by atoms with van der Waals surface area (Å²) in [5, 5.41) is 0. The average Bonchev–Trinajstić information content (AvgIpc) is 2.55. The second kappa shape index (κ2) is 5.66. The number of carbonyl (C=O) groups is 2. The molecule has 0 aliphatic heterocycles. The first-order valence-electron chi connectivity index (χ1n) is 5.92. The van der Waals surface area contributed by atoms with Crippen molar-refractivity contribution >= 4 is 11.8 Å². The molecule has 1 heterocycles. The molecule has 0 fully saturated rings. The molecule has 1 N–H and O–H groups in total. The van der Waals surface area contributed by atoms with Gasteiger partial charge >= 0.3 is 5.97 Å². The quantitative estimate of drug-likeness (QED) is 0.632. The average molecular weight is 237 g/mol. The van der Waals surface area contributed by atoms with Crippen molar-refractivity contribution in [3.8, 4) is 0 Å². The van der Waals surface area contributed by atoms with E-state index < -0.39 is 5.97 Å². The number of carbonyl (C=O) groups excluding carboxylic acids is 2. The number of hydrogen-bond donors (Lipinski definition) is 1. The largest absolute Gasteiger partial charge is 0.461 e. The van der Waals surface area contributed by atoms with Crippen LogP contribution in [0.4, 0.5) is 0 Å². The van der Waals surface area contributed by atoms with Crippen LogP contribution in [0.25, 0.3) is 0 Å². The third-order valence-electron chi connectivity index (χ3n) is 2.67. The normalized spacial score (nSPS) is 10.4. The molecule has 0 bridgehead atoms. The number of aryl methyl sites for hydroxylation is 1. The van der Waals surface area contributed by atoms with E-state index in [0.717, 1.165) is 12.1 Å². The van der Waals surface area contributed by atoms with Crippen LogP contribution < -0.4 is 0 Å². The molecule has 0 aromatic carbocycles. The number of esters is 1. The molecule has 0 unspecified atom stereocenters. The lowest BCUT2D eigenvalue weighted by molar-refractivity contribution is 0.0519. The zero-order valence-corrected chi connectivity index (χ0v) is 10.8. The number of rotatable bonds is 5. The molecule has 4 nitrogen and oxygen atoms in total. The number of aromatic nitrogens is 1. The van der Waals surface area contributed by atoms with Gasteiger partial charge in [-0.2, -0.15) is 0 Å². The van der Waals surface area contributed by atoms with Gasteiger partial charge in [0.15, 0.2) is 5.78 Å². The lowest BCUT2D eigenvalue weighted by Crippen LogP contribution is -2.07. The molecule has 17 heavy (non-hydrogen) atoms. The van der Waals surface area contributed by atoms with Gasteiger partial charge in [0.2, 0.25) is 0 Å². The Labute approximate surface area is 101 Å². The number of nitrogens with one attached hydrogen (secondary N) is 1. The van der Waals surface area contributed by atoms with Crippen LogP contribution in [0.5, 0.6) is 0 Å². The third kappa shape index (κ3) is 2.75. The van der Waals surface area contributed by atoms with E-state index >= 15 is 0 Å². The van der Waals surface area contributed by atoms with Crippen molar-refractivity contribution in [2.75, 3.05) is 6.61 Å². The van der Waals surface area contributed by atoms with Gasteiger partial charge in [0, 0.05) is 17.7 Å². The highest BCUT2D eigenvalue weighted by Gasteiger charge is 2.21. The first-order valence-corrected chi connectivity index (χ1v) is 5.92. The van der Waals surface area contributed by atoms with E-state index in [2.05, 4.69) is 4.98 Å². The summed E-state index contributed by atoms with van der Waals surface area (Å²) >= 11 is 0. The maximum Gasteiger partial charge on any atom is 0.355 e. The minimum Gasteiger partial charge on any atom is -0.461 e. The molecule has 4 heteroatoms. The van der Waals surface area contributed by atoms with Crippen LogP contribution in [0.2, 0.25) is 0 Å². The summed E-state index contributed by atoms with van der Waals surface area (Å²) in [6.07, 6.45) is 1.30. The third-order valence-corrected chi connectivity index (χ3v) is 2.67. The maximum absolute atomic E-state index is 11.9. The molecule has 1 aromatic rings. The highest BCUT2D eigenvalue weighted by Crippen LogP contribution is 2.20. The van der Waals surface area contributed by atoms with Crippen LogP contribution in [0, 0.1) is 13.8 Å². The molecule has 0 atom stereocenters. The molecule has 0 saturated heterocycles. The van der Waals surface area contributed by atoms with Crippen LogP contribution in [0.3, 0.4) is 0 Å². The molecule has 0 aliphatic carbocycles. The highest BCUT2D eigenvalue weighted by atomic mass is 16.5. The van der Waals surface area contributed by atoms with Crippen molar-refractivity contribution in [2.45, 2.75) is 40.5 Å². The second-order valence-corrected chi connectivity index (χ2v) is 4.02. The summed E-state index contributed by atoms with van der Waals surface area (Å²) in [7, 11) is 0. The number of ketones is 1. The SMILES string of the molecule is CCCC(=O)c1c(C)[nH]c(C(=O)OCC)c1C. The highest BCUT2D eigenvalue weighted by molar-refractivity contribution is 6.02. The van der Waals surface area contributed by atoms with Gasteiger partial charge in [0.05, 0.1) is 6.61 Å². The molecule has 1 rings (SSSR count). The molecule has 1 aromatic heterocycles. The van der Waals surface area contributed by atoms with Crippen LogP contribution in [0.15, 0.2) is 0 Å². The smallest absolute Gasteiger partial charge is 0.355 e. The van der Waals surface area contributed by atoms with Crippen molar-refractivity contribution in [1.29, 1.82) is 0 Å². The summed E-state index contributed by atoms with van der Waals surface area (Å²) in [5.74, 6) is -0.321. The van der Waals surface area contributed by atoms with E-state index in [4.69, 9.17) is 4.74 Å². The van der Waals surface area contributed by atoms with Crippen molar-refractivity contribution < 1.29 is 14.3 Å². The van der Waals surface area contributed by atoms with Crippen molar-refractivity contribution in [2.24, 2.45) is 0 Å². The fourth-order valence-electron chi connectivity index (χ4n) is 1.93. The predicted molar refractivity (Wildman–Crippen MR) is 65.5 cm³/mol. The number of ether oxygens (including phenoxy) is 1. The number of aromatic amines is 1. The van der Waals surface area contributed by atoms with Gasteiger partial charge in [0.25, 0.3) is 0 Å². The maximum atomic E-state index is 11.9. The Morgan fingerprint density at radius 3 is 2.41 bits per heavy atom. The lowest BCUT2D eigenvalue weighted by atomic mass is 10.0. The van der Waals surface area contributed by atoms with Gasteiger partial charge in [-0.15, -0.1) is 0 Å². The summed E-state index contributed by atoms with van der Waals surface area (Å²) in [6.45, 7) is 7.62. The second-order valence-electron chi connectivity index (χ2n) is 4.02. The first kappa shape index (κ1) is 13.5. The number of hydrogen-bond acceptors (Lipinski definition) is 3. The Morgan fingerprint density at radius 1 is 1.24 bits per heavy atom. The van der Waals surface area contributed by atoms with Gasteiger partial charge < -0.3 is 9.72 Å². The van der Waals surface area contributed by atoms with E-state index in [1.54, 1.807) is 20.8 Å². The standard InChI is InChI=1S/C13H19NO3/c1-5-7-10(15)11-8(3)12(14-9(11)4)13(16)17-6-2/h14H,5-7H2,1-4H3. The number of Topliss-reactive ketones (excluding diaryl/α,β-unsaturated/α-hetero) is 1. The Bertz CT molecular complexity index is 432. The van der Waals surface area contributed by atoms with E-state index in [1.165, 1.54) is 0 Å². The zero-order valence-electron chi connectivity index (χ0n) is 10.8. The minimum atomic E-state index is -0.399. The van der Waals surface area contributed by atoms with Crippen molar-refractivity contribution in [3.63, 3.8) is 0 Å². The molecule has 0 radical (unpaired) electrons. The van der Waals surface area contributed by atoms with Gasteiger partial charge in [-0.05, 0) is 32.8 Å². The summed E-state index contributed by atoms with van der Waals surface area (Å²) in [6, 6.07) is 0. The van der Waals surface area contributed by atoms with E-state index in [9.17, 15) is 9.59 Å². The number of H-pyrrole nitrogens is 1. The molecule has 94 valence electrons. The molecule has 0 saturated carbocycles. The first-order chi connectivity index (χ1) is 8.02. The van der Waals surface area contributed by atoms with E-state index in [0.29, 0.717) is 29.8 Å². The lowest BCUT2D eigenvalue weighted by Gasteiger charge is -2.01. The van der Waals surface area contributed by atoms with Crippen LogP contribution in [-0.4, -0.2) is 23.3 Å². The molecule has 0 spiro atoms. The summed E-state index contributed by atoms with van der Waals surface area (Å²) in [5.41, 5.74) is 2.46. The Balaban J connectivity index is 3.09. The topological polar surface area (TPSA) is 59.2 Å². The van der Waals surface area contributed by atoms with Gasteiger partial charge in [-0.25, -0.2) is 4.79 Å². The van der Waals surface area contributed by atoms with Gasteiger partial charge in [0.1, 0.15) is 5.69 Å². The summed E-state index contributed by atoms with van der Waals surface area (Å²) < 4.78 is 4.94. The van der Waals surface area contributed by atoms with Crippen molar-refractivity contribution in [3.05, 3.63) is 22.5 Å². The van der Waals surface area contributed by atoms with Gasteiger partial charge in [-0.3, -0.25) is 4.79 Å². The Morgan fingerprint density at radius 2 is 1.88 bits per heavy atom. The fourth-order valence-corrected chi connectivity index (χ4v) is 1.93. The monoisotopic (exact) mass is 237 g/mol.